The van der Waals surface area contributed by atoms with E-state index < -0.39 is 0 Å². The van der Waals surface area contributed by atoms with Crippen molar-refractivity contribution in [3.63, 3.8) is 0 Å². The van der Waals surface area contributed by atoms with E-state index in [1.54, 1.807) is 12.3 Å². The van der Waals surface area contributed by atoms with Gasteiger partial charge in [0.25, 0.3) is 5.91 Å². The first-order chi connectivity index (χ1) is 13.1. The molecule has 0 aliphatic heterocycles. The lowest BCUT2D eigenvalue weighted by Gasteiger charge is -2.11. The number of fused-ring (bicyclic) bond motifs is 1. The summed E-state index contributed by atoms with van der Waals surface area (Å²) in [6, 6.07) is 19.4. The molecule has 0 atom stereocenters. The van der Waals surface area contributed by atoms with Crippen LogP contribution in [0.15, 0.2) is 75.8 Å². The van der Waals surface area contributed by atoms with Crippen molar-refractivity contribution in [1.82, 2.24) is 10.3 Å². The first kappa shape index (κ1) is 17.5. The maximum absolute atomic E-state index is 12.9. The third-order valence-corrected chi connectivity index (χ3v) is 4.86. The van der Waals surface area contributed by atoms with Gasteiger partial charge >= 0.3 is 0 Å². The summed E-state index contributed by atoms with van der Waals surface area (Å²) in [5.41, 5.74) is 4.29. The predicted molar refractivity (Wildman–Crippen MR) is 109 cm³/mol. The van der Waals surface area contributed by atoms with Gasteiger partial charge in [-0.2, -0.15) is 0 Å². The number of furan rings is 1. The van der Waals surface area contributed by atoms with Crippen molar-refractivity contribution in [2.45, 2.75) is 13.5 Å². The van der Waals surface area contributed by atoms with Crippen molar-refractivity contribution in [2.24, 2.45) is 0 Å². The minimum atomic E-state index is -0.162. The smallest absolute Gasteiger partial charge is 0.252 e. The van der Waals surface area contributed by atoms with Gasteiger partial charge in [0, 0.05) is 15.4 Å². The second-order valence-electron chi connectivity index (χ2n) is 6.34. The summed E-state index contributed by atoms with van der Waals surface area (Å²) in [4.78, 5) is 17.7. The van der Waals surface area contributed by atoms with E-state index in [0.29, 0.717) is 17.9 Å². The fourth-order valence-electron chi connectivity index (χ4n) is 2.93. The second kappa shape index (κ2) is 7.37. The molecule has 0 unspecified atom stereocenters. The van der Waals surface area contributed by atoms with Crippen LogP contribution in [-0.2, 0) is 6.54 Å². The van der Waals surface area contributed by atoms with E-state index >= 15 is 0 Å². The summed E-state index contributed by atoms with van der Waals surface area (Å²) in [6.07, 6.45) is 1.59. The van der Waals surface area contributed by atoms with Crippen LogP contribution in [0.5, 0.6) is 0 Å². The number of hydrogen-bond acceptors (Lipinski definition) is 3. The molecule has 4 aromatic rings. The Morgan fingerprint density at radius 1 is 1.11 bits per heavy atom. The highest BCUT2D eigenvalue weighted by Crippen LogP contribution is 2.27. The van der Waals surface area contributed by atoms with Crippen molar-refractivity contribution in [3.8, 4) is 11.3 Å². The number of aromatic nitrogens is 1. The van der Waals surface area contributed by atoms with Gasteiger partial charge in [-0.15, -0.1) is 0 Å². The van der Waals surface area contributed by atoms with E-state index in [1.165, 1.54) is 5.56 Å². The average Bonchev–Trinajstić information content (AvgIpc) is 3.19. The lowest BCUT2D eigenvalue weighted by atomic mass is 10.0. The fraction of sp³-hybridized carbons (Fsp3) is 0.0909. The number of nitrogens with one attached hydrogen (secondary N) is 1. The summed E-state index contributed by atoms with van der Waals surface area (Å²) in [7, 11) is 0. The van der Waals surface area contributed by atoms with Crippen LogP contribution in [0.2, 0.25) is 0 Å². The van der Waals surface area contributed by atoms with Crippen LogP contribution in [-0.4, -0.2) is 10.9 Å². The summed E-state index contributed by atoms with van der Waals surface area (Å²) in [6.45, 7) is 2.38. The number of pyridine rings is 1. The van der Waals surface area contributed by atoms with Crippen molar-refractivity contribution < 1.29 is 9.21 Å². The maximum atomic E-state index is 12.9. The van der Waals surface area contributed by atoms with E-state index in [0.717, 1.165) is 26.6 Å². The Balaban J connectivity index is 1.77. The van der Waals surface area contributed by atoms with Gasteiger partial charge in [0.1, 0.15) is 5.76 Å². The van der Waals surface area contributed by atoms with Crippen LogP contribution in [0.1, 0.15) is 21.7 Å². The molecule has 0 bridgehead atoms. The number of aryl methyl sites for hydroxylation is 1. The first-order valence-electron chi connectivity index (χ1n) is 8.58. The Morgan fingerprint density at radius 2 is 1.93 bits per heavy atom. The number of rotatable bonds is 4. The monoisotopic (exact) mass is 420 g/mol. The molecule has 2 aromatic heterocycles. The molecular formula is C22H17BrN2O2. The van der Waals surface area contributed by atoms with Gasteiger partial charge in [0.05, 0.1) is 29.6 Å². The number of halogens is 1. The number of carbonyl (C=O) groups excluding carboxylic acids is 1. The van der Waals surface area contributed by atoms with Crippen LogP contribution in [0, 0.1) is 6.92 Å². The molecule has 134 valence electrons. The van der Waals surface area contributed by atoms with Crippen LogP contribution in [0.4, 0.5) is 0 Å². The topological polar surface area (TPSA) is 55.1 Å². The summed E-state index contributed by atoms with van der Waals surface area (Å²) in [5, 5.41) is 3.73. The van der Waals surface area contributed by atoms with Gasteiger partial charge in [0.15, 0.2) is 0 Å². The molecule has 0 radical (unpaired) electrons. The quantitative estimate of drug-likeness (QED) is 0.474. The Labute approximate surface area is 165 Å². The van der Waals surface area contributed by atoms with Gasteiger partial charge in [-0.25, -0.2) is 4.98 Å². The Bertz CT molecular complexity index is 1100. The SMILES string of the molecule is Cc1ccc(-c2cc(C(=O)NCc3ccco3)c3cc(Br)ccc3n2)cc1. The Morgan fingerprint density at radius 3 is 2.67 bits per heavy atom. The van der Waals surface area contributed by atoms with Crippen LogP contribution < -0.4 is 5.32 Å². The zero-order chi connectivity index (χ0) is 18.8. The predicted octanol–water partition coefficient (Wildman–Crippen LogP) is 5.50. The number of amides is 1. The van der Waals surface area contributed by atoms with E-state index in [1.807, 2.05) is 61.5 Å². The van der Waals surface area contributed by atoms with E-state index in [2.05, 4.69) is 21.2 Å². The molecule has 27 heavy (non-hydrogen) atoms. The van der Waals surface area contributed by atoms with Gasteiger partial charge in [-0.1, -0.05) is 45.8 Å². The number of carbonyl (C=O) groups is 1. The minimum absolute atomic E-state index is 0.162. The fourth-order valence-corrected chi connectivity index (χ4v) is 3.29. The average molecular weight is 421 g/mol. The zero-order valence-corrected chi connectivity index (χ0v) is 16.3. The normalized spacial score (nSPS) is 10.9. The molecule has 0 saturated carbocycles. The van der Waals surface area contributed by atoms with Gasteiger partial charge < -0.3 is 9.73 Å². The van der Waals surface area contributed by atoms with Crippen LogP contribution in [0.3, 0.4) is 0 Å². The molecule has 0 aliphatic rings. The molecule has 0 aliphatic carbocycles. The molecule has 4 rings (SSSR count). The summed E-state index contributed by atoms with van der Waals surface area (Å²) >= 11 is 3.48. The molecule has 4 nitrogen and oxygen atoms in total. The van der Waals surface area contributed by atoms with Crippen molar-refractivity contribution in [1.29, 1.82) is 0 Å². The maximum Gasteiger partial charge on any atom is 0.252 e. The lowest BCUT2D eigenvalue weighted by Crippen LogP contribution is -2.23. The summed E-state index contributed by atoms with van der Waals surface area (Å²) in [5.74, 6) is 0.548. The molecule has 0 spiro atoms. The largest absolute Gasteiger partial charge is 0.467 e. The molecule has 2 heterocycles. The highest BCUT2D eigenvalue weighted by molar-refractivity contribution is 9.10. The highest BCUT2D eigenvalue weighted by atomic mass is 79.9. The third kappa shape index (κ3) is 3.78. The Hall–Kier alpha value is -2.92. The molecule has 5 heteroatoms. The highest BCUT2D eigenvalue weighted by Gasteiger charge is 2.15. The second-order valence-corrected chi connectivity index (χ2v) is 7.26. The Kier molecular flexibility index (Phi) is 4.77. The molecule has 0 fully saturated rings. The number of hydrogen-bond donors (Lipinski definition) is 1. The third-order valence-electron chi connectivity index (χ3n) is 4.37. The first-order valence-corrected chi connectivity index (χ1v) is 9.37. The van der Waals surface area contributed by atoms with E-state index in [4.69, 9.17) is 9.40 Å². The number of nitrogens with zero attached hydrogens (tertiary/aromatic N) is 1. The van der Waals surface area contributed by atoms with Gasteiger partial charge in [-0.05, 0) is 43.3 Å². The molecular weight excluding hydrogens is 404 g/mol. The van der Waals surface area contributed by atoms with Crippen molar-refractivity contribution in [2.75, 3.05) is 0 Å². The van der Waals surface area contributed by atoms with Crippen LogP contribution >= 0.6 is 15.9 Å². The van der Waals surface area contributed by atoms with E-state index in [9.17, 15) is 4.79 Å². The molecule has 2 aromatic carbocycles. The minimum Gasteiger partial charge on any atom is -0.467 e. The van der Waals surface area contributed by atoms with Gasteiger partial charge in [-0.3, -0.25) is 4.79 Å². The zero-order valence-electron chi connectivity index (χ0n) is 14.7. The standard InChI is InChI=1S/C22H17BrN2O2/c1-14-4-6-15(7-5-14)21-12-19(18-11-16(23)8-9-20(18)25-21)22(26)24-13-17-3-2-10-27-17/h2-12H,13H2,1H3,(H,24,26). The number of benzene rings is 2. The molecule has 1 amide bonds. The van der Waals surface area contributed by atoms with Crippen molar-refractivity contribution >= 4 is 32.7 Å². The van der Waals surface area contributed by atoms with E-state index in [-0.39, 0.29) is 5.91 Å². The van der Waals surface area contributed by atoms with Crippen LogP contribution in [0.25, 0.3) is 22.2 Å². The summed E-state index contributed by atoms with van der Waals surface area (Å²) < 4.78 is 6.20. The van der Waals surface area contributed by atoms with Gasteiger partial charge in [0.2, 0.25) is 0 Å². The lowest BCUT2D eigenvalue weighted by molar-refractivity contribution is 0.0949. The molecule has 1 N–H and O–H groups in total. The van der Waals surface area contributed by atoms with Crippen molar-refractivity contribution in [3.05, 3.63) is 88.3 Å². The molecule has 0 saturated heterocycles.